The number of hydrogen-bond acceptors (Lipinski definition) is 3. The van der Waals surface area contributed by atoms with Crippen LogP contribution in [0, 0.1) is 5.92 Å². The highest BCUT2D eigenvalue weighted by Crippen LogP contribution is 2.27. The molecule has 1 fully saturated rings. The molecule has 0 amide bonds. The Morgan fingerprint density at radius 2 is 1.95 bits per heavy atom. The van der Waals surface area contributed by atoms with Crippen LogP contribution in [-0.2, 0) is 0 Å². The summed E-state index contributed by atoms with van der Waals surface area (Å²) in [4.78, 5) is 14.6. The summed E-state index contributed by atoms with van der Waals surface area (Å²) in [5.41, 5.74) is 1.01. The van der Waals surface area contributed by atoms with Gasteiger partial charge in [0.1, 0.15) is 5.02 Å². The van der Waals surface area contributed by atoms with Crippen LogP contribution < -0.4 is 10.5 Å². The van der Waals surface area contributed by atoms with Crippen LogP contribution in [-0.4, -0.2) is 22.9 Å². The van der Waals surface area contributed by atoms with Gasteiger partial charge in [-0.2, -0.15) is 9.78 Å². The summed E-state index contributed by atoms with van der Waals surface area (Å²) < 4.78 is 1.28. The van der Waals surface area contributed by atoms with Crippen LogP contribution in [0.25, 0.3) is 5.69 Å². The van der Waals surface area contributed by atoms with Gasteiger partial charge < -0.3 is 4.90 Å². The molecule has 1 aromatic heterocycles. The number of nitrogens with zero attached hydrogens (tertiary/aromatic N) is 3. The summed E-state index contributed by atoms with van der Waals surface area (Å²) >= 11 is 12.3. The first-order chi connectivity index (χ1) is 10.6. The Morgan fingerprint density at radius 3 is 2.64 bits per heavy atom. The zero-order chi connectivity index (χ0) is 15.7. The van der Waals surface area contributed by atoms with Crippen molar-refractivity contribution in [3.63, 3.8) is 0 Å². The molecule has 0 bridgehead atoms. The molecule has 1 aliphatic rings. The van der Waals surface area contributed by atoms with Crippen molar-refractivity contribution in [2.45, 2.75) is 19.8 Å². The van der Waals surface area contributed by atoms with Crippen molar-refractivity contribution < 1.29 is 0 Å². The van der Waals surface area contributed by atoms with Crippen molar-refractivity contribution in [2.75, 3.05) is 18.0 Å². The molecule has 1 aliphatic heterocycles. The highest BCUT2D eigenvalue weighted by atomic mass is 35.5. The Kier molecular flexibility index (Phi) is 4.41. The summed E-state index contributed by atoms with van der Waals surface area (Å²) in [5, 5.41) is 5.03. The van der Waals surface area contributed by atoms with Crippen LogP contribution in [0.15, 0.2) is 35.3 Å². The van der Waals surface area contributed by atoms with Gasteiger partial charge >= 0.3 is 0 Å². The standard InChI is InChI=1S/C16H17Cl2N3O/c1-11-5-7-20(8-6-11)14-10-19-21(16(22)15(14)18)13-4-2-3-12(17)9-13/h2-4,9-11H,5-8H2,1H3. The van der Waals surface area contributed by atoms with E-state index in [0.29, 0.717) is 10.7 Å². The molecule has 0 aliphatic carbocycles. The first-order valence-corrected chi connectivity index (χ1v) is 8.10. The molecule has 0 unspecified atom stereocenters. The minimum Gasteiger partial charge on any atom is -0.369 e. The van der Waals surface area contributed by atoms with Crippen LogP contribution in [0.5, 0.6) is 0 Å². The van der Waals surface area contributed by atoms with Crippen molar-refractivity contribution in [2.24, 2.45) is 5.92 Å². The first-order valence-electron chi connectivity index (χ1n) is 7.35. The summed E-state index contributed by atoms with van der Waals surface area (Å²) in [6, 6.07) is 6.99. The predicted octanol–water partition coefficient (Wildman–Crippen LogP) is 3.78. The van der Waals surface area contributed by atoms with E-state index < -0.39 is 0 Å². The Labute approximate surface area is 139 Å². The quantitative estimate of drug-likeness (QED) is 0.836. The second-order valence-corrected chi connectivity index (χ2v) is 6.52. The maximum Gasteiger partial charge on any atom is 0.292 e. The van der Waals surface area contributed by atoms with Crippen molar-refractivity contribution in [1.82, 2.24) is 9.78 Å². The van der Waals surface area contributed by atoms with E-state index in [2.05, 4.69) is 16.9 Å². The van der Waals surface area contributed by atoms with Crippen molar-refractivity contribution >= 4 is 28.9 Å². The maximum absolute atomic E-state index is 12.5. The Morgan fingerprint density at radius 1 is 1.23 bits per heavy atom. The highest BCUT2D eigenvalue weighted by Gasteiger charge is 2.20. The zero-order valence-corrected chi connectivity index (χ0v) is 13.8. The molecule has 6 heteroatoms. The highest BCUT2D eigenvalue weighted by molar-refractivity contribution is 6.33. The van der Waals surface area contributed by atoms with Gasteiger partial charge in [0.25, 0.3) is 5.56 Å². The normalized spacial score (nSPS) is 16.0. The van der Waals surface area contributed by atoms with E-state index in [1.807, 2.05) is 0 Å². The van der Waals surface area contributed by atoms with Gasteiger partial charge in [0.05, 0.1) is 17.6 Å². The molecule has 0 N–H and O–H groups in total. The average molecular weight is 338 g/mol. The molecule has 4 nitrogen and oxygen atoms in total. The molecule has 3 rings (SSSR count). The fourth-order valence-corrected chi connectivity index (χ4v) is 3.12. The lowest BCUT2D eigenvalue weighted by atomic mass is 9.99. The topological polar surface area (TPSA) is 38.1 Å². The molecule has 2 heterocycles. The second kappa shape index (κ2) is 6.31. The largest absolute Gasteiger partial charge is 0.369 e. The van der Waals surface area contributed by atoms with Gasteiger partial charge in [0.15, 0.2) is 0 Å². The predicted molar refractivity (Wildman–Crippen MR) is 90.5 cm³/mol. The molecule has 1 saturated heterocycles. The lowest BCUT2D eigenvalue weighted by Gasteiger charge is -2.32. The van der Waals surface area contributed by atoms with Gasteiger partial charge in [-0.3, -0.25) is 4.79 Å². The summed E-state index contributed by atoms with van der Waals surface area (Å²) in [6.07, 6.45) is 3.88. The van der Waals surface area contributed by atoms with Gasteiger partial charge in [0.2, 0.25) is 0 Å². The molecule has 2 aromatic rings. The van der Waals surface area contributed by atoms with Crippen molar-refractivity contribution in [1.29, 1.82) is 0 Å². The van der Waals surface area contributed by atoms with E-state index in [-0.39, 0.29) is 10.6 Å². The lowest BCUT2D eigenvalue weighted by Crippen LogP contribution is -2.35. The van der Waals surface area contributed by atoms with Crippen LogP contribution in [0.1, 0.15) is 19.8 Å². The molecule has 1 aromatic carbocycles. The van der Waals surface area contributed by atoms with Crippen LogP contribution in [0.2, 0.25) is 10.0 Å². The summed E-state index contributed by atoms with van der Waals surface area (Å²) in [7, 11) is 0. The Hall–Kier alpha value is -1.52. The number of aromatic nitrogens is 2. The van der Waals surface area contributed by atoms with Gasteiger partial charge in [-0.1, -0.05) is 36.2 Å². The number of halogens is 2. The van der Waals surface area contributed by atoms with Gasteiger partial charge in [0, 0.05) is 18.1 Å². The number of anilines is 1. The fourth-order valence-electron chi connectivity index (χ4n) is 2.69. The third kappa shape index (κ3) is 2.99. The minimum absolute atomic E-state index is 0.213. The lowest BCUT2D eigenvalue weighted by molar-refractivity contribution is 0.438. The van der Waals surface area contributed by atoms with E-state index in [1.165, 1.54) is 4.68 Å². The molecular weight excluding hydrogens is 321 g/mol. The second-order valence-electron chi connectivity index (χ2n) is 5.71. The monoisotopic (exact) mass is 337 g/mol. The molecular formula is C16H17Cl2N3O. The van der Waals surface area contributed by atoms with Gasteiger partial charge in [-0.15, -0.1) is 0 Å². The zero-order valence-electron chi connectivity index (χ0n) is 12.3. The van der Waals surface area contributed by atoms with Gasteiger partial charge in [-0.25, -0.2) is 0 Å². The van der Waals surface area contributed by atoms with Gasteiger partial charge in [-0.05, 0) is 37.0 Å². The smallest absolute Gasteiger partial charge is 0.292 e. The number of rotatable bonds is 2. The number of benzene rings is 1. The van der Waals surface area contributed by atoms with Crippen LogP contribution in [0.4, 0.5) is 5.69 Å². The van der Waals surface area contributed by atoms with E-state index in [1.54, 1.807) is 30.5 Å². The SMILES string of the molecule is CC1CCN(c2cnn(-c3cccc(Cl)c3)c(=O)c2Cl)CC1. The maximum atomic E-state index is 12.5. The van der Waals surface area contributed by atoms with Crippen molar-refractivity contribution in [3.8, 4) is 5.69 Å². The molecule has 0 radical (unpaired) electrons. The third-order valence-electron chi connectivity index (χ3n) is 4.08. The van der Waals surface area contributed by atoms with Crippen molar-refractivity contribution in [3.05, 3.63) is 50.9 Å². The Balaban J connectivity index is 1.97. The molecule has 0 atom stereocenters. The van der Waals surface area contributed by atoms with E-state index in [9.17, 15) is 4.79 Å². The number of piperidine rings is 1. The average Bonchev–Trinajstić information content (AvgIpc) is 2.51. The first kappa shape index (κ1) is 15.4. The minimum atomic E-state index is -0.319. The Bertz CT molecular complexity index is 736. The van der Waals surface area contributed by atoms with E-state index in [4.69, 9.17) is 23.2 Å². The van der Waals surface area contributed by atoms with E-state index in [0.717, 1.165) is 37.5 Å². The third-order valence-corrected chi connectivity index (χ3v) is 4.67. The molecule has 22 heavy (non-hydrogen) atoms. The fraction of sp³-hybridized carbons (Fsp3) is 0.375. The molecule has 0 saturated carbocycles. The summed E-state index contributed by atoms with van der Waals surface area (Å²) in [5.74, 6) is 0.717. The summed E-state index contributed by atoms with van der Waals surface area (Å²) in [6.45, 7) is 4.06. The molecule has 116 valence electrons. The molecule has 0 spiro atoms. The van der Waals surface area contributed by atoms with Crippen LogP contribution >= 0.6 is 23.2 Å². The van der Waals surface area contributed by atoms with E-state index >= 15 is 0 Å². The number of hydrogen-bond donors (Lipinski definition) is 0. The van der Waals surface area contributed by atoms with Crippen LogP contribution in [0.3, 0.4) is 0 Å².